The monoisotopic (exact) mass is 551 g/mol. The van der Waals surface area contributed by atoms with Gasteiger partial charge in [0.25, 0.3) is 6.29 Å². The fourth-order valence-corrected chi connectivity index (χ4v) is 5.57. The van der Waals surface area contributed by atoms with Gasteiger partial charge < -0.3 is 14.2 Å². The number of fused-ring (bicyclic) bond motifs is 4. The summed E-state index contributed by atoms with van der Waals surface area (Å²) in [5, 5.41) is 1.93. The number of anilines is 1. The van der Waals surface area contributed by atoms with Crippen LogP contribution in [0.3, 0.4) is 0 Å². The normalized spacial score (nSPS) is 14.4. The summed E-state index contributed by atoms with van der Waals surface area (Å²) >= 11 is 7.77. The summed E-state index contributed by atoms with van der Waals surface area (Å²) in [7, 11) is 3.10. The average molecular weight is 552 g/mol. The maximum absolute atomic E-state index is 15.0. The predicted octanol–water partition coefficient (Wildman–Crippen LogP) is 5.95. The van der Waals surface area contributed by atoms with Crippen molar-refractivity contribution in [3.05, 3.63) is 65.1 Å². The third kappa shape index (κ3) is 4.23. The Bertz CT molecular complexity index is 1730. The third-order valence-corrected chi connectivity index (χ3v) is 7.53. The molecule has 9 nitrogen and oxygen atoms in total. The molecule has 0 unspecified atom stereocenters. The van der Waals surface area contributed by atoms with E-state index < -0.39 is 18.2 Å². The molecule has 0 spiro atoms. The second kappa shape index (κ2) is 9.34. The molecule has 0 saturated heterocycles. The minimum Gasteiger partial charge on any atom is -0.495 e. The van der Waals surface area contributed by atoms with Gasteiger partial charge in [-0.15, -0.1) is 11.3 Å². The first-order valence-electron chi connectivity index (χ1n) is 11.5. The number of nitrogens with zero attached hydrogens (tertiary/aromatic N) is 5. The lowest BCUT2D eigenvalue weighted by molar-refractivity contribution is -0.0144. The Morgan fingerprint density at radius 2 is 1.97 bits per heavy atom. The third-order valence-electron chi connectivity index (χ3n) is 6.15. The molecule has 3 aromatic heterocycles. The number of rotatable bonds is 4. The Balaban J connectivity index is 1.32. The number of halogens is 2. The van der Waals surface area contributed by atoms with Crippen molar-refractivity contribution in [2.45, 2.75) is 19.6 Å². The maximum atomic E-state index is 15.0. The van der Waals surface area contributed by atoms with Crippen molar-refractivity contribution in [1.82, 2.24) is 19.9 Å². The predicted molar refractivity (Wildman–Crippen MR) is 142 cm³/mol. The average Bonchev–Trinajstić information content (AvgIpc) is 3.52. The number of thiazole rings is 1. The molecular formula is C26H19ClFN5O4S. The second-order valence-corrected chi connectivity index (χ2v) is 10.1. The molecule has 0 fully saturated rings. The van der Waals surface area contributed by atoms with E-state index >= 15 is 4.39 Å². The Labute approximate surface area is 224 Å². The fraction of sp³-hybridized carbons (Fsp3) is 0.192. The number of amides is 1. The molecule has 192 valence electrons. The van der Waals surface area contributed by atoms with Crippen LogP contribution in [-0.4, -0.2) is 46.5 Å². The zero-order valence-electron chi connectivity index (χ0n) is 20.4. The van der Waals surface area contributed by atoms with Gasteiger partial charge in [0.2, 0.25) is 0 Å². The molecule has 6 rings (SSSR count). The second-order valence-electron chi connectivity index (χ2n) is 8.62. The molecule has 1 amide bonds. The Kier molecular flexibility index (Phi) is 5.96. The number of aromatic nitrogens is 4. The van der Waals surface area contributed by atoms with Gasteiger partial charge >= 0.3 is 6.09 Å². The quantitative estimate of drug-likeness (QED) is 0.270. The number of benzene rings is 2. The first kappa shape index (κ1) is 24.3. The van der Waals surface area contributed by atoms with Crippen LogP contribution in [0.5, 0.6) is 11.5 Å². The molecule has 5 aromatic rings. The van der Waals surface area contributed by atoms with Crippen LogP contribution in [0.25, 0.3) is 31.7 Å². The van der Waals surface area contributed by atoms with Crippen molar-refractivity contribution in [3.8, 4) is 22.1 Å². The molecule has 0 aliphatic carbocycles. The van der Waals surface area contributed by atoms with Gasteiger partial charge in [-0.05, 0) is 25.1 Å². The maximum Gasteiger partial charge on any atom is 0.417 e. The lowest BCUT2D eigenvalue weighted by Gasteiger charge is -2.19. The summed E-state index contributed by atoms with van der Waals surface area (Å²) in [5.41, 5.74) is 2.92. The fourth-order valence-electron chi connectivity index (χ4n) is 4.24. The van der Waals surface area contributed by atoms with Crippen molar-refractivity contribution in [2.24, 2.45) is 0 Å². The minimum absolute atomic E-state index is 0.0469. The van der Waals surface area contributed by atoms with Gasteiger partial charge in [0.1, 0.15) is 16.6 Å². The standard InChI is InChI=1S/C26H19ClFN5O4S/c1-12-29-9-15(10-30-12)33(2)26(34)37-21-7-18-23(36-21)19(28)8-20-24(18)38-25(32-20)17-6-14(27)4-13-5-16(35-3)11-31-22(13)17/h4-6,8-11,21H,7H2,1-3H3/t21-/m1/s1. The van der Waals surface area contributed by atoms with Gasteiger partial charge in [-0.1, -0.05) is 11.6 Å². The number of ether oxygens (including phenoxy) is 3. The molecule has 0 N–H and O–H groups in total. The van der Waals surface area contributed by atoms with Crippen molar-refractivity contribution < 1.29 is 23.4 Å². The number of carbonyl (C=O) groups is 1. The Hall–Kier alpha value is -4.09. The van der Waals surface area contributed by atoms with Crippen LogP contribution in [0.1, 0.15) is 11.4 Å². The lowest BCUT2D eigenvalue weighted by Crippen LogP contribution is -2.33. The van der Waals surface area contributed by atoms with Crippen molar-refractivity contribution in [1.29, 1.82) is 0 Å². The largest absolute Gasteiger partial charge is 0.495 e. The summed E-state index contributed by atoms with van der Waals surface area (Å²) in [6, 6.07) is 6.74. The van der Waals surface area contributed by atoms with E-state index in [0.717, 1.165) is 10.1 Å². The van der Waals surface area contributed by atoms with E-state index in [-0.39, 0.29) is 12.2 Å². The van der Waals surface area contributed by atoms with E-state index in [9.17, 15) is 4.79 Å². The number of carbonyl (C=O) groups excluding carboxylic acids is 1. The van der Waals surface area contributed by atoms with Crippen molar-refractivity contribution >= 4 is 55.8 Å². The number of hydrogen-bond donors (Lipinski definition) is 0. The van der Waals surface area contributed by atoms with Crippen LogP contribution >= 0.6 is 22.9 Å². The Morgan fingerprint density at radius 3 is 2.74 bits per heavy atom. The first-order chi connectivity index (χ1) is 18.3. The first-order valence-corrected chi connectivity index (χ1v) is 12.7. The molecule has 0 saturated carbocycles. The van der Waals surface area contributed by atoms with E-state index in [4.69, 9.17) is 25.8 Å². The van der Waals surface area contributed by atoms with Gasteiger partial charge in [-0.25, -0.2) is 24.1 Å². The van der Waals surface area contributed by atoms with E-state index in [1.807, 2.05) is 6.07 Å². The van der Waals surface area contributed by atoms with Crippen LogP contribution in [0, 0.1) is 12.7 Å². The van der Waals surface area contributed by atoms with E-state index in [0.29, 0.717) is 49.5 Å². The number of pyridine rings is 1. The van der Waals surface area contributed by atoms with Gasteiger partial charge in [-0.3, -0.25) is 9.88 Å². The lowest BCUT2D eigenvalue weighted by atomic mass is 10.1. The molecule has 4 heterocycles. The van der Waals surface area contributed by atoms with Crippen LogP contribution in [0.15, 0.2) is 42.9 Å². The Morgan fingerprint density at radius 1 is 1.18 bits per heavy atom. The van der Waals surface area contributed by atoms with Crippen LogP contribution in [-0.2, 0) is 11.2 Å². The SMILES string of the molecule is COc1cnc2c(-c3nc4cc(F)c5c(c4s3)C[C@@H](OC(=O)N(C)c3cnc(C)nc3)O5)cc(Cl)cc2c1. The summed E-state index contributed by atoms with van der Waals surface area (Å²) in [5.74, 6) is 0.649. The van der Waals surface area contributed by atoms with Gasteiger partial charge in [-0.2, -0.15) is 0 Å². The zero-order chi connectivity index (χ0) is 26.6. The van der Waals surface area contributed by atoms with Gasteiger partial charge in [0, 0.05) is 34.6 Å². The highest BCUT2D eigenvalue weighted by Crippen LogP contribution is 2.44. The van der Waals surface area contributed by atoms with Crippen molar-refractivity contribution in [2.75, 3.05) is 19.1 Å². The molecule has 1 atom stereocenters. The number of hydrogen-bond acceptors (Lipinski definition) is 9. The van der Waals surface area contributed by atoms with Crippen LogP contribution in [0.4, 0.5) is 14.9 Å². The topological polar surface area (TPSA) is 99.6 Å². The van der Waals surface area contributed by atoms with Crippen molar-refractivity contribution in [3.63, 3.8) is 0 Å². The van der Waals surface area contributed by atoms with Crippen LogP contribution < -0.4 is 14.4 Å². The molecule has 1 aliphatic heterocycles. The van der Waals surface area contributed by atoms with Gasteiger partial charge in [0.05, 0.1) is 53.5 Å². The molecule has 38 heavy (non-hydrogen) atoms. The number of methoxy groups -OCH3 is 1. The molecule has 2 aromatic carbocycles. The smallest absolute Gasteiger partial charge is 0.417 e. The highest BCUT2D eigenvalue weighted by Gasteiger charge is 2.33. The minimum atomic E-state index is -1.00. The zero-order valence-corrected chi connectivity index (χ0v) is 21.9. The summed E-state index contributed by atoms with van der Waals surface area (Å²) in [4.78, 5) is 31.4. The molecular weight excluding hydrogens is 533 g/mol. The summed E-state index contributed by atoms with van der Waals surface area (Å²) < 4.78 is 32.3. The highest BCUT2D eigenvalue weighted by molar-refractivity contribution is 7.22. The van der Waals surface area contributed by atoms with Crippen LogP contribution in [0.2, 0.25) is 5.02 Å². The summed E-state index contributed by atoms with van der Waals surface area (Å²) in [6.07, 6.45) is 3.14. The van der Waals surface area contributed by atoms with E-state index in [1.54, 1.807) is 32.4 Å². The van der Waals surface area contributed by atoms with Gasteiger partial charge in [0.15, 0.2) is 11.6 Å². The number of aryl methyl sites for hydroxylation is 1. The molecule has 1 aliphatic rings. The van der Waals surface area contributed by atoms with E-state index in [2.05, 4.69) is 19.9 Å². The summed E-state index contributed by atoms with van der Waals surface area (Å²) in [6.45, 7) is 1.74. The molecule has 0 bridgehead atoms. The highest BCUT2D eigenvalue weighted by atomic mass is 35.5. The molecule has 0 radical (unpaired) electrons. The van der Waals surface area contributed by atoms with E-state index in [1.165, 1.54) is 41.7 Å². The molecule has 12 heteroatoms.